The molecule has 4 N–H and O–H groups in total. The summed E-state index contributed by atoms with van der Waals surface area (Å²) in [5, 5.41) is 2.58. The maximum atomic E-state index is 6.03. The number of hydrogen-bond donors (Lipinski definition) is 3. The van der Waals surface area contributed by atoms with Gasteiger partial charge < -0.3 is 5.73 Å². The lowest BCUT2D eigenvalue weighted by molar-refractivity contribution is 0.548. The van der Waals surface area contributed by atoms with E-state index in [1.165, 1.54) is 16.3 Å². The van der Waals surface area contributed by atoms with E-state index in [0.717, 1.165) is 6.54 Å². The fraction of sp³-hybridized carbons (Fsp3) is 0.231. The van der Waals surface area contributed by atoms with Gasteiger partial charge in [0.1, 0.15) is 0 Å². The van der Waals surface area contributed by atoms with Gasteiger partial charge >= 0.3 is 0 Å². The average molecular weight is 213 g/mol. The summed E-state index contributed by atoms with van der Waals surface area (Å²) < 4.78 is 0. The number of nitrogens with two attached hydrogens (primary N) is 1. The molecule has 1 heterocycles. The molecule has 1 aliphatic rings. The molecule has 1 fully saturated rings. The number of benzene rings is 2. The zero-order valence-corrected chi connectivity index (χ0v) is 8.98. The molecule has 0 bridgehead atoms. The van der Waals surface area contributed by atoms with Crippen molar-refractivity contribution in [1.82, 2.24) is 10.9 Å². The number of hydrazine groups is 1. The SMILES string of the molecule is NC1NNCC1c1cccc2ccccc12. The third-order valence-corrected chi connectivity index (χ3v) is 3.25. The standard InChI is InChI=1S/C13H15N3/c14-13-12(8-15-16-13)11-7-3-5-9-4-1-2-6-10(9)11/h1-7,12-13,15-16H,8,14H2. The second-order valence-corrected chi connectivity index (χ2v) is 4.23. The van der Waals surface area contributed by atoms with Crippen molar-refractivity contribution in [3.63, 3.8) is 0 Å². The minimum Gasteiger partial charge on any atom is -0.314 e. The van der Waals surface area contributed by atoms with Gasteiger partial charge in [-0.05, 0) is 16.3 Å². The molecule has 1 saturated heterocycles. The molecule has 16 heavy (non-hydrogen) atoms. The van der Waals surface area contributed by atoms with Crippen LogP contribution in [0.25, 0.3) is 10.8 Å². The Morgan fingerprint density at radius 1 is 1.06 bits per heavy atom. The average Bonchev–Trinajstić information content (AvgIpc) is 2.75. The van der Waals surface area contributed by atoms with Crippen molar-refractivity contribution in [2.24, 2.45) is 5.73 Å². The van der Waals surface area contributed by atoms with Crippen LogP contribution in [0.15, 0.2) is 42.5 Å². The number of nitrogens with one attached hydrogen (secondary N) is 2. The fourth-order valence-electron chi connectivity index (χ4n) is 2.39. The van der Waals surface area contributed by atoms with E-state index in [-0.39, 0.29) is 6.17 Å². The van der Waals surface area contributed by atoms with Crippen LogP contribution in [0.5, 0.6) is 0 Å². The molecule has 0 aromatic heterocycles. The van der Waals surface area contributed by atoms with E-state index in [0.29, 0.717) is 5.92 Å². The number of hydrogen-bond acceptors (Lipinski definition) is 3. The van der Waals surface area contributed by atoms with Crippen LogP contribution in [-0.4, -0.2) is 12.7 Å². The van der Waals surface area contributed by atoms with Crippen LogP contribution < -0.4 is 16.6 Å². The van der Waals surface area contributed by atoms with E-state index in [9.17, 15) is 0 Å². The van der Waals surface area contributed by atoms with E-state index in [2.05, 4.69) is 53.3 Å². The lowest BCUT2D eigenvalue weighted by atomic mass is 9.92. The van der Waals surface area contributed by atoms with E-state index in [4.69, 9.17) is 5.73 Å². The van der Waals surface area contributed by atoms with Crippen molar-refractivity contribution in [1.29, 1.82) is 0 Å². The van der Waals surface area contributed by atoms with Gasteiger partial charge in [-0.1, -0.05) is 42.5 Å². The molecule has 2 aromatic carbocycles. The Morgan fingerprint density at radius 3 is 2.69 bits per heavy atom. The summed E-state index contributed by atoms with van der Waals surface area (Å²) in [5.74, 6) is 0.339. The minimum atomic E-state index is -0.00851. The predicted octanol–water partition coefficient (Wildman–Crippen LogP) is 1.32. The molecule has 2 atom stereocenters. The number of fused-ring (bicyclic) bond motifs is 1. The molecule has 0 radical (unpaired) electrons. The smallest absolute Gasteiger partial charge is 0.0761 e. The molecular weight excluding hydrogens is 198 g/mol. The third-order valence-electron chi connectivity index (χ3n) is 3.25. The molecule has 82 valence electrons. The van der Waals surface area contributed by atoms with Crippen LogP contribution in [0.3, 0.4) is 0 Å². The summed E-state index contributed by atoms with van der Waals surface area (Å²) in [6, 6.07) is 14.9. The summed E-state index contributed by atoms with van der Waals surface area (Å²) >= 11 is 0. The Morgan fingerprint density at radius 2 is 1.88 bits per heavy atom. The van der Waals surface area contributed by atoms with Crippen molar-refractivity contribution in [2.75, 3.05) is 6.54 Å². The Labute approximate surface area is 94.6 Å². The molecule has 2 unspecified atom stereocenters. The van der Waals surface area contributed by atoms with E-state index in [1.807, 2.05) is 0 Å². The predicted molar refractivity (Wildman–Crippen MR) is 65.8 cm³/mol. The molecule has 0 amide bonds. The Balaban J connectivity index is 2.16. The van der Waals surface area contributed by atoms with Gasteiger partial charge in [-0.25, -0.2) is 5.43 Å². The van der Waals surface area contributed by atoms with Gasteiger partial charge in [0.05, 0.1) is 6.17 Å². The third kappa shape index (κ3) is 1.50. The molecular formula is C13H15N3. The molecule has 0 aliphatic carbocycles. The second kappa shape index (κ2) is 3.87. The van der Waals surface area contributed by atoms with Crippen molar-refractivity contribution in [3.8, 4) is 0 Å². The van der Waals surface area contributed by atoms with Crippen LogP contribution >= 0.6 is 0 Å². The minimum absolute atomic E-state index is 0.00851. The molecule has 0 saturated carbocycles. The molecule has 3 heteroatoms. The van der Waals surface area contributed by atoms with Gasteiger partial charge in [0.25, 0.3) is 0 Å². The zero-order chi connectivity index (χ0) is 11.0. The summed E-state index contributed by atoms with van der Waals surface area (Å²) in [6.45, 7) is 0.884. The van der Waals surface area contributed by atoms with Crippen molar-refractivity contribution >= 4 is 10.8 Å². The van der Waals surface area contributed by atoms with Gasteiger partial charge in [0.2, 0.25) is 0 Å². The molecule has 1 aliphatic heterocycles. The van der Waals surface area contributed by atoms with E-state index >= 15 is 0 Å². The summed E-state index contributed by atoms with van der Waals surface area (Å²) in [5.41, 5.74) is 13.5. The molecule has 2 aromatic rings. The second-order valence-electron chi connectivity index (χ2n) is 4.23. The Kier molecular flexibility index (Phi) is 2.36. The quantitative estimate of drug-likeness (QED) is 0.669. The van der Waals surface area contributed by atoms with Crippen LogP contribution in [0.2, 0.25) is 0 Å². The molecule has 3 nitrogen and oxygen atoms in total. The van der Waals surface area contributed by atoms with Gasteiger partial charge in [-0.3, -0.25) is 5.43 Å². The fourth-order valence-corrected chi connectivity index (χ4v) is 2.39. The summed E-state index contributed by atoms with van der Waals surface area (Å²) in [7, 11) is 0. The van der Waals surface area contributed by atoms with E-state index < -0.39 is 0 Å². The lowest BCUT2D eigenvalue weighted by Crippen LogP contribution is -2.38. The first kappa shape index (κ1) is 9.78. The largest absolute Gasteiger partial charge is 0.314 e. The van der Waals surface area contributed by atoms with E-state index in [1.54, 1.807) is 0 Å². The van der Waals surface area contributed by atoms with Gasteiger partial charge in [0.15, 0.2) is 0 Å². The maximum Gasteiger partial charge on any atom is 0.0761 e. The Hall–Kier alpha value is -1.42. The van der Waals surface area contributed by atoms with Gasteiger partial charge in [0, 0.05) is 12.5 Å². The highest BCUT2D eigenvalue weighted by Gasteiger charge is 2.25. The van der Waals surface area contributed by atoms with Crippen LogP contribution in [0, 0.1) is 0 Å². The first-order valence-electron chi connectivity index (χ1n) is 5.58. The highest BCUT2D eigenvalue weighted by molar-refractivity contribution is 5.86. The van der Waals surface area contributed by atoms with Crippen LogP contribution in [0.4, 0.5) is 0 Å². The maximum absolute atomic E-state index is 6.03. The Bertz CT molecular complexity index is 504. The normalized spacial score (nSPS) is 25.1. The zero-order valence-electron chi connectivity index (χ0n) is 8.98. The highest BCUT2D eigenvalue weighted by atomic mass is 15.4. The first-order chi connectivity index (χ1) is 7.86. The first-order valence-corrected chi connectivity index (χ1v) is 5.58. The van der Waals surface area contributed by atoms with Crippen molar-refractivity contribution < 1.29 is 0 Å². The van der Waals surface area contributed by atoms with Gasteiger partial charge in [-0.2, -0.15) is 0 Å². The number of rotatable bonds is 1. The van der Waals surface area contributed by atoms with Crippen LogP contribution in [-0.2, 0) is 0 Å². The summed E-state index contributed by atoms with van der Waals surface area (Å²) in [6.07, 6.45) is -0.00851. The van der Waals surface area contributed by atoms with Crippen molar-refractivity contribution in [2.45, 2.75) is 12.1 Å². The van der Waals surface area contributed by atoms with Crippen molar-refractivity contribution in [3.05, 3.63) is 48.0 Å². The summed E-state index contributed by atoms with van der Waals surface area (Å²) in [4.78, 5) is 0. The highest BCUT2D eigenvalue weighted by Crippen LogP contribution is 2.27. The molecule has 3 rings (SSSR count). The topological polar surface area (TPSA) is 50.1 Å². The lowest BCUT2D eigenvalue weighted by Gasteiger charge is -2.16. The van der Waals surface area contributed by atoms with Crippen LogP contribution in [0.1, 0.15) is 11.5 Å². The van der Waals surface area contributed by atoms with Gasteiger partial charge in [-0.15, -0.1) is 0 Å². The monoisotopic (exact) mass is 213 g/mol. The molecule has 0 spiro atoms.